The predicted molar refractivity (Wildman–Crippen MR) is 166 cm³/mol. The lowest BCUT2D eigenvalue weighted by atomic mass is 9.49. The van der Waals surface area contributed by atoms with Gasteiger partial charge in [0, 0.05) is 31.3 Å². The summed E-state index contributed by atoms with van der Waals surface area (Å²) < 4.78 is 17.3. The standard InChI is InChI=1S/C27H36B3N7O5/c1-14-11-37(12-15(2)41-14)13-22-34-26(42-36-22)17-5-4-6-19(23(17)40-3)32-20-9-21(33-24(38)16-7-8-16)31-10-18(20)25(39)35-27(28,29)30/h4-6,9-10,14-16H,7-8,11-13,28-30H2,1-3H3,(H,35,39)(H2,31,32,33,38)/t14-,15+. The number of nitrogens with zero attached hydrogens (tertiary/aromatic N) is 4. The summed E-state index contributed by atoms with van der Waals surface area (Å²) >= 11 is 0. The van der Waals surface area contributed by atoms with E-state index in [0.29, 0.717) is 52.3 Å². The molecule has 2 amide bonds. The number of hydrogen-bond acceptors (Lipinski definition) is 10. The largest absolute Gasteiger partial charge is 0.494 e. The van der Waals surface area contributed by atoms with Crippen molar-refractivity contribution < 1.29 is 23.6 Å². The van der Waals surface area contributed by atoms with Crippen molar-refractivity contribution in [3.05, 3.63) is 41.9 Å². The van der Waals surface area contributed by atoms with Crippen LogP contribution in [0.4, 0.5) is 17.2 Å². The Labute approximate surface area is 247 Å². The van der Waals surface area contributed by atoms with E-state index in [1.54, 1.807) is 13.2 Å². The highest BCUT2D eigenvalue weighted by Crippen LogP contribution is 2.38. The van der Waals surface area contributed by atoms with E-state index >= 15 is 0 Å². The molecule has 0 unspecified atom stereocenters. The number of benzene rings is 1. The summed E-state index contributed by atoms with van der Waals surface area (Å²) in [7, 11) is 7.27. The van der Waals surface area contributed by atoms with Gasteiger partial charge in [0.2, 0.25) is 5.91 Å². The highest BCUT2D eigenvalue weighted by Gasteiger charge is 2.30. The maximum Gasteiger partial charge on any atom is 0.261 e. The first-order valence-electron chi connectivity index (χ1n) is 14.3. The van der Waals surface area contributed by atoms with Gasteiger partial charge in [-0.05, 0) is 44.1 Å². The average molecular weight is 571 g/mol. The molecule has 2 atom stereocenters. The summed E-state index contributed by atoms with van der Waals surface area (Å²) in [6.07, 6.45) is 3.47. The van der Waals surface area contributed by atoms with Crippen LogP contribution in [-0.2, 0) is 16.1 Å². The fraction of sp³-hybridized carbons (Fsp3) is 0.444. The van der Waals surface area contributed by atoms with Gasteiger partial charge < -0.3 is 29.9 Å². The van der Waals surface area contributed by atoms with Crippen LogP contribution in [-0.4, -0.2) is 93.0 Å². The van der Waals surface area contributed by atoms with Crippen LogP contribution in [0.25, 0.3) is 11.5 Å². The first-order chi connectivity index (χ1) is 20.0. The number of methoxy groups -OCH3 is 1. The number of carbonyl (C=O) groups excluding carboxylic acids is 2. The third kappa shape index (κ3) is 7.32. The topological polar surface area (TPSA) is 144 Å². The zero-order chi connectivity index (χ0) is 30.0. The Hall–Kier alpha value is -3.84. The minimum atomic E-state index is -0.461. The highest BCUT2D eigenvalue weighted by molar-refractivity contribution is 6.60. The summed E-state index contributed by atoms with van der Waals surface area (Å²) in [6, 6.07) is 7.14. The average Bonchev–Trinajstić information content (AvgIpc) is 3.66. The fourth-order valence-corrected chi connectivity index (χ4v) is 5.00. The van der Waals surface area contributed by atoms with Crippen LogP contribution in [0, 0.1) is 5.92 Å². The van der Waals surface area contributed by atoms with Crippen LogP contribution < -0.4 is 20.7 Å². The summed E-state index contributed by atoms with van der Waals surface area (Å²) in [5.74, 6) is 1.33. The van der Waals surface area contributed by atoms with Gasteiger partial charge in [0.05, 0.1) is 48.4 Å². The van der Waals surface area contributed by atoms with E-state index in [0.717, 1.165) is 25.9 Å². The van der Waals surface area contributed by atoms with E-state index in [2.05, 4.69) is 49.8 Å². The fourth-order valence-electron chi connectivity index (χ4n) is 5.00. The SMILES string of the molecule is BC(B)(B)NC(=O)c1cnc(NC(=O)C2CC2)cc1Nc1cccc(-c2nc(CN3C[C@@H](C)O[C@@H](C)C3)no2)c1OC. The molecule has 12 nitrogen and oxygen atoms in total. The van der Waals surface area contributed by atoms with Crippen molar-refractivity contribution in [2.45, 2.75) is 50.7 Å². The van der Waals surface area contributed by atoms with Gasteiger partial charge in [-0.25, -0.2) is 4.98 Å². The number of anilines is 3. The van der Waals surface area contributed by atoms with E-state index in [1.807, 2.05) is 41.7 Å². The summed E-state index contributed by atoms with van der Waals surface area (Å²) in [6.45, 7) is 6.23. The number of pyridine rings is 1. The molecule has 1 aliphatic heterocycles. The third-order valence-corrected chi connectivity index (χ3v) is 6.88. The normalized spacial score (nSPS) is 19.2. The molecule has 5 rings (SSSR count). The van der Waals surface area contributed by atoms with Crippen LogP contribution >= 0.6 is 0 Å². The van der Waals surface area contributed by atoms with Gasteiger partial charge in [0.25, 0.3) is 11.8 Å². The molecule has 2 aliphatic rings. The Bertz CT molecular complexity index is 1450. The maximum atomic E-state index is 13.2. The smallest absolute Gasteiger partial charge is 0.261 e. The molecular weight excluding hydrogens is 535 g/mol. The van der Waals surface area contributed by atoms with E-state index in [1.165, 1.54) is 6.20 Å². The quantitative estimate of drug-likeness (QED) is 0.287. The minimum absolute atomic E-state index is 0.0122. The van der Waals surface area contributed by atoms with Gasteiger partial charge in [0.15, 0.2) is 11.6 Å². The number of ether oxygens (including phenoxy) is 2. The van der Waals surface area contributed by atoms with Crippen molar-refractivity contribution in [3.8, 4) is 17.2 Å². The van der Waals surface area contributed by atoms with Crippen molar-refractivity contribution in [1.29, 1.82) is 0 Å². The van der Waals surface area contributed by atoms with Gasteiger partial charge in [-0.3, -0.25) is 14.5 Å². The van der Waals surface area contributed by atoms with Gasteiger partial charge in [-0.1, -0.05) is 11.2 Å². The Kier molecular flexibility index (Phi) is 8.60. The first-order valence-corrected chi connectivity index (χ1v) is 14.3. The second-order valence-electron chi connectivity index (χ2n) is 12.1. The molecule has 0 radical (unpaired) electrons. The number of amides is 2. The van der Waals surface area contributed by atoms with E-state index in [4.69, 9.17) is 14.0 Å². The molecule has 1 aromatic carbocycles. The van der Waals surface area contributed by atoms with Crippen LogP contribution in [0.15, 0.2) is 35.0 Å². The van der Waals surface area contributed by atoms with Gasteiger partial charge in [-0.2, -0.15) is 4.98 Å². The minimum Gasteiger partial charge on any atom is -0.494 e. The van der Waals surface area contributed by atoms with Gasteiger partial charge >= 0.3 is 0 Å². The molecular formula is C27H36B3N7O5. The van der Waals surface area contributed by atoms with Crippen LogP contribution in [0.1, 0.15) is 42.9 Å². The van der Waals surface area contributed by atoms with Crippen LogP contribution in [0.3, 0.4) is 0 Å². The van der Waals surface area contributed by atoms with Gasteiger partial charge in [-0.15, -0.1) is 0 Å². The third-order valence-electron chi connectivity index (χ3n) is 6.88. The van der Waals surface area contributed by atoms with Crippen molar-refractivity contribution in [2.75, 3.05) is 30.8 Å². The lowest BCUT2D eigenvalue weighted by molar-refractivity contribution is -0.117. The van der Waals surface area contributed by atoms with E-state index < -0.39 is 5.24 Å². The number of carbonyl (C=O) groups is 2. The molecule has 1 saturated heterocycles. The zero-order valence-electron chi connectivity index (χ0n) is 25.0. The molecule has 3 aromatic rings. The molecule has 1 saturated carbocycles. The number of para-hydroxylation sites is 1. The molecule has 2 aromatic heterocycles. The molecule has 0 bridgehead atoms. The van der Waals surface area contributed by atoms with Crippen molar-refractivity contribution in [2.24, 2.45) is 5.92 Å². The van der Waals surface area contributed by atoms with Crippen molar-refractivity contribution in [3.63, 3.8) is 0 Å². The molecule has 3 heterocycles. The molecule has 3 N–H and O–H groups in total. The Morgan fingerprint density at radius 2 is 1.88 bits per heavy atom. The van der Waals surface area contributed by atoms with Crippen molar-refractivity contribution >= 4 is 52.5 Å². The zero-order valence-corrected chi connectivity index (χ0v) is 25.0. The second kappa shape index (κ2) is 12.2. The number of rotatable bonds is 10. The number of nitrogens with one attached hydrogen (secondary N) is 3. The first kappa shape index (κ1) is 29.7. The van der Waals surface area contributed by atoms with Crippen LogP contribution in [0.2, 0.25) is 0 Å². The Morgan fingerprint density at radius 1 is 1.14 bits per heavy atom. The van der Waals surface area contributed by atoms with Crippen molar-refractivity contribution in [1.82, 2.24) is 25.3 Å². The molecule has 1 aliphatic carbocycles. The number of morpholine rings is 1. The molecule has 42 heavy (non-hydrogen) atoms. The number of aromatic nitrogens is 3. The summed E-state index contributed by atoms with van der Waals surface area (Å²) in [4.78, 5) is 36.9. The number of hydrogen-bond donors (Lipinski definition) is 3. The Morgan fingerprint density at radius 3 is 2.55 bits per heavy atom. The van der Waals surface area contributed by atoms with Crippen LogP contribution in [0.5, 0.6) is 5.75 Å². The summed E-state index contributed by atoms with van der Waals surface area (Å²) in [5.41, 5.74) is 1.94. The summed E-state index contributed by atoms with van der Waals surface area (Å²) in [5, 5.41) is 12.9. The van der Waals surface area contributed by atoms with E-state index in [9.17, 15) is 9.59 Å². The molecule has 2 fully saturated rings. The Balaban J connectivity index is 1.42. The molecule has 218 valence electrons. The second-order valence-corrected chi connectivity index (χ2v) is 12.1. The van der Waals surface area contributed by atoms with E-state index in [-0.39, 0.29) is 29.9 Å². The lowest BCUT2D eigenvalue weighted by Gasteiger charge is -2.34. The van der Waals surface area contributed by atoms with Gasteiger partial charge in [0.1, 0.15) is 29.4 Å². The molecule has 15 heteroatoms. The molecule has 0 spiro atoms. The lowest BCUT2D eigenvalue weighted by Crippen LogP contribution is -2.50. The highest BCUT2D eigenvalue weighted by atomic mass is 16.5. The monoisotopic (exact) mass is 571 g/mol. The predicted octanol–water partition coefficient (Wildman–Crippen LogP) is 0.0819. The maximum absolute atomic E-state index is 13.2.